The Morgan fingerprint density at radius 1 is 1.73 bits per heavy atom. The van der Waals surface area contributed by atoms with Crippen molar-refractivity contribution in [3.05, 3.63) is 0 Å². The van der Waals surface area contributed by atoms with Crippen molar-refractivity contribution in [1.29, 1.82) is 0 Å². The third kappa shape index (κ3) is 1.52. The summed E-state index contributed by atoms with van der Waals surface area (Å²) in [5.41, 5.74) is -1.51. The van der Waals surface area contributed by atoms with Crippen LogP contribution in [0.15, 0.2) is 0 Å². The Kier molecular flexibility index (Phi) is 1.90. The molecule has 0 aromatic rings. The molecular weight excluding hydrogens is 147 g/mol. The molecule has 1 N–H and O–H groups in total. The second-order valence-electron chi connectivity index (χ2n) is 3.49. The van der Waals surface area contributed by atoms with Crippen LogP contribution in [0.2, 0.25) is 0 Å². The first-order valence-corrected chi connectivity index (χ1v) is 3.88. The SMILES string of the molecule is CC(C(=O)O)C(C)(F)C1CC1. The van der Waals surface area contributed by atoms with Crippen molar-refractivity contribution in [3.63, 3.8) is 0 Å². The predicted molar refractivity (Wildman–Crippen MR) is 39.0 cm³/mol. The van der Waals surface area contributed by atoms with Crippen LogP contribution in [-0.2, 0) is 4.79 Å². The molecule has 64 valence electrons. The lowest BCUT2D eigenvalue weighted by Gasteiger charge is -2.23. The van der Waals surface area contributed by atoms with E-state index in [0.717, 1.165) is 12.8 Å². The number of carboxylic acid groups (broad SMARTS) is 1. The zero-order valence-electron chi connectivity index (χ0n) is 6.80. The van der Waals surface area contributed by atoms with E-state index in [-0.39, 0.29) is 5.92 Å². The second kappa shape index (κ2) is 2.47. The summed E-state index contributed by atoms with van der Waals surface area (Å²) in [6.45, 7) is 2.82. The molecule has 0 saturated heterocycles. The fourth-order valence-corrected chi connectivity index (χ4v) is 1.24. The number of alkyl halides is 1. The van der Waals surface area contributed by atoms with Gasteiger partial charge in [-0.15, -0.1) is 0 Å². The van der Waals surface area contributed by atoms with E-state index >= 15 is 0 Å². The second-order valence-corrected chi connectivity index (χ2v) is 3.49. The van der Waals surface area contributed by atoms with E-state index < -0.39 is 17.6 Å². The Bertz CT molecular complexity index is 173. The number of rotatable bonds is 3. The standard InChI is InChI=1S/C8H13FO2/c1-5(7(10)11)8(2,9)6-3-4-6/h5-6H,3-4H2,1-2H3,(H,10,11). The van der Waals surface area contributed by atoms with Crippen LogP contribution in [0, 0.1) is 11.8 Å². The van der Waals surface area contributed by atoms with Crippen molar-refractivity contribution in [2.24, 2.45) is 11.8 Å². The summed E-state index contributed by atoms with van der Waals surface area (Å²) in [7, 11) is 0. The molecule has 0 aromatic heterocycles. The molecule has 1 aliphatic carbocycles. The Balaban J connectivity index is 2.61. The zero-order chi connectivity index (χ0) is 8.65. The van der Waals surface area contributed by atoms with Crippen LogP contribution in [0.1, 0.15) is 26.7 Å². The molecule has 1 fully saturated rings. The van der Waals surface area contributed by atoms with Gasteiger partial charge in [-0.3, -0.25) is 4.79 Å². The number of aliphatic carboxylic acids is 1. The number of halogens is 1. The molecule has 0 aliphatic heterocycles. The van der Waals surface area contributed by atoms with Crippen LogP contribution >= 0.6 is 0 Å². The molecule has 0 heterocycles. The van der Waals surface area contributed by atoms with Crippen LogP contribution < -0.4 is 0 Å². The summed E-state index contributed by atoms with van der Waals surface area (Å²) in [5, 5.41) is 8.55. The molecule has 2 nitrogen and oxygen atoms in total. The molecule has 1 aliphatic rings. The Morgan fingerprint density at radius 2 is 2.18 bits per heavy atom. The number of hydrogen-bond acceptors (Lipinski definition) is 1. The highest BCUT2D eigenvalue weighted by atomic mass is 19.1. The summed E-state index contributed by atoms with van der Waals surface area (Å²) in [4.78, 5) is 10.4. The Labute approximate surface area is 65.4 Å². The highest BCUT2D eigenvalue weighted by Gasteiger charge is 2.48. The lowest BCUT2D eigenvalue weighted by atomic mass is 9.88. The summed E-state index contributed by atoms with van der Waals surface area (Å²) >= 11 is 0. The molecule has 0 spiro atoms. The summed E-state index contributed by atoms with van der Waals surface area (Å²) < 4.78 is 13.5. The largest absolute Gasteiger partial charge is 0.481 e. The van der Waals surface area contributed by atoms with E-state index in [9.17, 15) is 9.18 Å². The first-order valence-electron chi connectivity index (χ1n) is 3.88. The third-order valence-corrected chi connectivity index (χ3v) is 2.59. The smallest absolute Gasteiger partial charge is 0.309 e. The van der Waals surface area contributed by atoms with Gasteiger partial charge in [0.2, 0.25) is 0 Å². The minimum absolute atomic E-state index is 0.0198. The molecule has 3 heteroatoms. The Hall–Kier alpha value is -0.600. The van der Waals surface area contributed by atoms with Crippen LogP contribution in [0.25, 0.3) is 0 Å². The van der Waals surface area contributed by atoms with Crippen molar-refractivity contribution in [2.45, 2.75) is 32.4 Å². The first-order chi connectivity index (χ1) is 4.96. The van der Waals surface area contributed by atoms with Gasteiger partial charge >= 0.3 is 5.97 Å². The fourth-order valence-electron chi connectivity index (χ4n) is 1.24. The van der Waals surface area contributed by atoms with Gasteiger partial charge in [-0.1, -0.05) is 0 Å². The maximum Gasteiger partial charge on any atom is 0.309 e. The van der Waals surface area contributed by atoms with Crippen molar-refractivity contribution < 1.29 is 14.3 Å². The van der Waals surface area contributed by atoms with E-state index in [1.165, 1.54) is 13.8 Å². The lowest BCUT2D eigenvalue weighted by molar-refractivity contribution is -0.146. The van der Waals surface area contributed by atoms with Gasteiger partial charge in [0.05, 0.1) is 5.92 Å². The quantitative estimate of drug-likeness (QED) is 0.684. The van der Waals surface area contributed by atoms with E-state index in [4.69, 9.17) is 5.11 Å². The van der Waals surface area contributed by atoms with Crippen LogP contribution in [0.5, 0.6) is 0 Å². The molecule has 1 saturated carbocycles. The minimum atomic E-state index is -1.51. The van der Waals surface area contributed by atoms with E-state index in [1.807, 2.05) is 0 Å². The fraction of sp³-hybridized carbons (Fsp3) is 0.875. The Morgan fingerprint density at radius 3 is 2.45 bits per heavy atom. The van der Waals surface area contributed by atoms with Gasteiger partial charge in [0.15, 0.2) is 0 Å². The predicted octanol–water partition coefficient (Wildman–Crippen LogP) is 1.85. The van der Waals surface area contributed by atoms with Crippen molar-refractivity contribution in [1.82, 2.24) is 0 Å². The van der Waals surface area contributed by atoms with Gasteiger partial charge < -0.3 is 5.11 Å². The minimum Gasteiger partial charge on any atom is -0.481 e. The molecule has 11 heavy (non-hydrogen) atoms. The van der Waals surface area contributed by atoms with Crippen LogP contribution in [0.4, 0.5) is 4.39 Å². The third-order valence-electron chi connectivity index (χ3n) is 2.59. The average molecular weight is 160 g/mol. The van der Waals surface area contributed by atoms with Crippen LogP contribution in [0.3, 0.4) is 0 Å². The van der Waals surface area contributed by atoms with Gasteiger partial charge in [-0.25, -0.2) is 4.39 Å². The number of hydrogen-bond donors (Lipinski definition) is 1. The van der Waals surface area contributed by atoms with Gasteiger partial charge in [0.1, 0.15) is 5.67 Å². The maximum atomic E-state index is 13.5. The number of carboxylic acids is 1. The normalized spacial score (nSPS) is 25.7. The van der Waals surface area contributed by atoms with E-state index in [1.54, 1.807) is 0 Å². The summed E-state index contributed by atoms with van der Waals surface area (Å²) in [5.74, 6) is -1.94. The average Bonchev–Trinajstić information content (AvgIpc) is 2.66. The molecule has 0 amide bonds. The van der Waals surface area contributed by atoms with Crippen LogP contribution in [-0.4, -0.2) is 16.7 Å². The van der Waals surface area contributed by atoms with Crippen molar-refractivity contribution >= 4 is 5.97 Å². The summed E-state index contributed by atoms with van der Waals surface area (Å²) in [6, 6.07) is 0. The van der Waals surface area contributed by atoms with Gasteiger partial charge in [0, 0.05) is 0 Å². The zero-order valence-corrected chi connectivity index (χ0v) is 6.80. The molecule has 0 radical (unpaired) electrons. The molecule has 1 rings (SSSR count). The highest BCUT2D eigenvalue weighted by Crippen LogP contribution is 2.46. The monoisotopic (exact) mass is 160 g/mol. The molecule has 2 unspecified atom stereocenters. The van der Waals surface area contributed by atoms with E-state index in [0.29, 0.717) is 0 Å². The van der Waals surface area contributed by atoms with Gasteiger partial charge in [0.25, 0.3) is 0 Å². The number of carbonyl (C=O) groups is 1. The van der Waals surface area contributed by atoms with Crippen molar-refractivity contribution in [3.8, 4) is 0 Å². The molecule has 0 aromatic carbocycles. The molecular formula is C8H13FO2. The summed E-state index contributed by atoms with van der Waals surface area (Å²) in [6.07, 6.45) is 1.68. The first kappa shape index (κ1) is 8.50. The maximum absolute atomic E-state index is 13.5. The topological polar surface area (TPSA) is 37.3 Å². The van der Waals surface area contributed by atoms with Gasteiger partial charge in [-0.05, 0) is 32.6 Å². The highest BCUT2D eigenvalue weighted by molar-refractivity contribution is 5.71. The van der Waals surface area contributed by atoms with Gasteiger partial charge in [-0.2, -0.15) is 0 Å². The lowest BCUT2D eigenvalue weighted by Crippen LogP contribution is -2.35. The van der Waals surface area contributed by atoms with Crippen molar-refractivity contribution in [2.75, 3.05) is 0 Å². The molecule has 2 atom stereocenters. The molecule has 0 bridgehead atoms. The van der Waals surface area contributed by atoms with E-state index in [2.05, 4.69) is 0 Å².